The number of nitrogens with zero attached hydrogens (tertiary/aromatic N) is 2. The predicted octanol–water partition coefficient (Wildman–Crippen LogP) is 2.73. The lowest BCUT2D eigenvalue weighted by atomic mass is 10.1. The highest BCUT2D eigenvalue weighted by Gasteiger charge is 2.17. The molecule has 0 aromatic carbocycles. The Kier molecular flexibility index (Phi) is 5.30. The molecule has 0 saturated heterocycles. The first kappa shape index (κ1) is 14.7. The maximum absolute atomic E-state index is 10.6. The minimum Gasteiger partial charge on any atom is -0.383 e. The summed E-state index contributed by atoms with van der Waals surface area (Å²) in [5, 5.41) is 13.9. The molecule has 1 N–H and O–H groups in total. The number of methoxy groups -OCH3 is 1. The van der Waals surface area contributed by atoms with Gasteiger partial charge in [-0.1, -0.05) is 25.4 Å². The summed E-state index contributed by atoms with van der Waals surface area (Å²) in [5.41, 5.74) is -0.126. The van der Waals surface area contributed by atoms with Crippen molar-refractivity contribution < 1.29 is 9.66 Å². The van der Waals surface area contributed by atoms with Crippen LogP contribution < -0.4 is 5.32 Å². The van der Waals surface area contributed by atoms with Gasteiger partial charge in [0.1, 0.15) is 12.0 Å². The molecular weight excluding hydrogens is 258 g/mol. The van der Waals surface area contributed by atoms with Crippen LogP contribution in [0.25, 0.3) is 0 Å². The Morgan fingerprint density at radius 2 is 2.28 bits per heavy atom. The van der Waals surface area contributed by atoms with Crippen LogP contribution in [0.3, 0.4) is 0 Å². The van der Waals surface area contributed by atoms with Crippen molar-refractivity contribution in [3.8, 4) is 0 Å². The van der Waals surface area contributed by atoms with Crippen molar-refractivity contribution in [2.45, 2.75) is 19.9 Å². The standard InChI is InChI=1S/C11H16ClN3O3/c1-7(2)10(6-18-3)14-11-9(12)4-8(5-13-11)15(16)17/h4-5,7,10H,6H2,1-3H3,(H,13,14). The first-order valence-corrected chi connectivity index (χ1v) is 5.89. The number of nitro groups is 1. The van der Waals surface area contributed by atoms with Crippen LogP contribution in [-0.4, -0.2) is 29.7 Å². The second kappa shape index (κ2) is 6.51. The molecule has 0 aliphatic carbocycles. The maximum atomic E-state index is 10.6. The fourth-order valence-electron chi connectivity index (χ4n) is 1.39. The molecule has 0 radical (unpaired) electrons. The highest BCUT2D eigenvalue weighted by molar-refractivity contribution is 6.33. The third kappa shape index (κ3) is 3.82. The van der Waals surface area contributed by atoms with Crippen LogP contribution >= 0.6 is 11.6 Å². The zero-order chi connectivity index (χ0) is 13.7. The zero-order valence-corrected chi connectivity index (χ0v) is 11.3. The third-order valence-corrected chi connectivity index (χ3v) is 2.80. The molecule has 7 heteroatoms. The number of rotatable bonds is 6. The summed E-state index contributed by atoms with van der Waals surface area (Å²) in [6.45, 7) is 4.58. The molecule has 1 rings (SSSR count). The quantitative estimate of drug-likeness (QED) is 0.637. The van der Waals surface area contributed by atoms with E-state index in [4.69, 9.17) is 16.3 Å². The third-order valence-electron chi connectivity index (χ3n) is 2.51. The molecule has 0 amide bonds. The Bertz CT molecular complexity index is 426. The number of ether oxygens (including phenoxy) is 1. The Hall–Kier alpha value is -1.40. The van der Waals surface area contributed by atoms with E-state index in [2.05, 4.69) is 10.3 Å². The zero-order valence-electron chi connectivity index (χ0n) is 10.5. The van der Waals surface area contributed by atoms with Gasteiger partial charge in [0.2, 0.25) is 0 Å². The summed E-state index contributed by atoms with van der Waals surface area (Å²) >= 11 is 5.95. The highest BCUT2D eigenvalue weighted by Crippen LogP contribution is 2.25. The molecule has 100 valence electrons. The van der Waals surface area contributed by atoms with Gasteiger partial charge in [-0.15, -0.1) is 0 Å². The van der Waals surface area contributed by atoms with E-state index in [1.165, 1.54) is 12.3 Å². The summed E-state index contributed by atoms with van der Waals surface area (Å²) in [6.07, 6.45) is 1.18. The smallest absolute Gasteiger partial charge is 0.289 e. The van der Waals surface area contributed by atoms with E-state index in [0.29, 0.717) is 18.3 Å². The largest absolute Gasteiger partial charge is 0.383 e. The van der Waals surface area contributed by atoms with E-state index in [1.54, 1.807) is 7.11 Å². The van der Waals surface area contributed by atoms with E-state index in [0.717, 1.165) is 0 Å². The molecule has 1 atom stereocenters. The molecule has 18 heavy (non-hydrogen) atoms. The fraction of sp³-hybridized carbons (Fsp3) is 0.545. The summed E-state index contributed by atoms with van der Waals surface area (Å²) in [5.74, 6) is 0.746. The summed E-state index contributed by atoms with van der Waals surface area (Å²) in [7, 11) is 1.61. The van der Waals surface area contributed by atoms with Crippen LogP contribution in [0.1, 0.15) is 13.8 Å². The van der Waals surface area contributed by atoms with Crippen LogP contribution in [0, 0.1) is 16.0 Å². The second-order valence-corrected chi connectivity index (χ2v) is 4.64. The van der Waals surface area contributed by atoms with Crippen molar-refractivity contribution in [2.24, 2.45) is 5.92 Å². The number of pyridine rings is 1. The van der Waals surface area contributed by atoms with Gasteiger partial charge in [0.15, 0.2) is 0 Å². The van der Waals surface area contributed by atoms with Crippen LogP contribution in [0.2, 0.25) is 5.02 Å². The molecule has 0 spiro atoms. The minimum atomic E-state index is -0.530. The lowest BCUT2D eigenvalue weighted by molar-refractivity contribution is -0.385. The molecular formula is C11H16ClN3O3. The average Bonchev–Trinajstić information content (AvgIpc) is 2.30. The number of hydrogen-bond acceptors (Lipinski definition) is 5. The number of halogens is 1. The number of hydrogen-bond donors (Lipinski definition) is 1. The van der Waals surface area contributed by atoms with E-state index < -0.39 is 4.92 Å². The Morgan fingerprint density at radius 3 is 2.72 bits per heavy atom. The van der Waals surface area contributed by atoms with Gasteiger partial charge in [-0.3, -0.25) is 10.1 Å². The van der Waals surface area contributed by atoms with Crippen LogP contribution in [-0.2, 0) is 4.74 Å². The predicted molar refractivity (Wildman–Crippen MR) is 70.0 cm³/mol. The topological polar surface area (TPSA) is 77.3 Å². The minimum absolute atomic E-state index is 0.0430. The molecule has 1 aromatic heterocycles. The van der Waals surface area contributed by atoms with E-state index in [1.807, 2.05) is 13.8 Å². The van der Waals surface area contributed by atoms with E-state index in [-0.39, 0.29) is 16.8 Å². The van der Waals surface area contributed by atoms with Crippen LogP contribution in [0.15, 0.2) is 12.3 Å². The first-order valence-electron chi connectivity index (χ1n) is 5.51. The lowest BCUT2D eigenvalue weighted by Crippen LogP contribution is -2.30. The van der Waals surface area contributed by atoms with Crippen LogP contribution in [0.5, 0.6) is 0 Å². The van der Waals surface area contributed by atoms with Gasteiger partial charge in [0.05, 0.1) is 22.6 Å². The van der Waals surface area contributed by atoms with Gasteiger partial charge in [-0.05, 0) is 5.92 Å². The van der Waals surface area contributed by atoms with Gasteiger partial charge < -0.3 is 10.1 Å². The molecule has 0 bridgehead atoms. The van der Waals surface area contributed by atoms with Crippen molar-refractivity contribution >= 4 is 23.1 Å². The van der Waals surface area contributed by atoms with Crippen molar-refractivity contribution in [2.75, 3.05) is 19.0 Å². The summed E-state index contributed by atoms with van der Waals surface area (Å²) < 4.78 is 5.10. The Morgan fingerprint density at radius 1 is 1.61 bits per heavy atom. The maximum Gasteiger partial charge on any atom is 0.289 e. The molecule has 0 saturated carbocycles. The fourth-order valence-corrected chi connectivity index (χ4v) is 1.60. The monoisotopic (exact) mass is 273 g/mol. The first-order chi connectivity index (χ1) is 8.45. The van der Waals surface area contributed by atoms with Crippen molar-refractivity contribution in [3.05, 3.63) is 27.4 Å². The molecule has 1 aromatic rings. The summed E-state index contributed by atoms with van der Waals surface area (Å²) in [6, 6.07) is 1.32. The molecule has 0 aliphatic heterocycles. The van der Waals surface area contributed by atoms with E-state index in [9.17, 15) is 10.1 Å². The van der Waals surface area contributed by atoms with Crippen LogP contribution in [0.4, 0.5) is 11.5 Å². The van der Waals surface area contributed by atoms with Crippen molar-refractivity contribution in [3.63, 3.8) is 0 Å². The average molecular weight is 274 g/mol. The highest BCUT2D eigenvalue weighted by atomic mass is 35.5. The van der Waals surface area contributed by atoms with Gasteiger partial charge >= 0.3 is 0 Å². The molecule has 6 nitrogen and oxygen atoms in total. The van der Waals surface area contributed by atoms with Gasteiger partial charge in [-0.2, -0.15) is 0 Å². The lowest BCUT2D eigenvalue weighted by Gasteiger charge is -2.22. The van der Waals surface area contributed by atoms with Gasteiger partial charge in [0.25, 0.3) is 5.69 Å². The summed E-state index contributed by atoms with van der Waals surface area (Å²) in [4.78, 5) is 14.0. The Labute approximate surface area is 110 Å². The van der Waals surface area contributed by atoms with Gasteiger partial charge in [-0.25, -0.2) is 4.98 Å². The van der Waals surface area contributed by atoms with Gasteiger partial charge in [0, 0.05) is 13.2 Å². The SMILES string of the molecule is COCC(Nc1ncc([N+](=O)[O-])cc1Cl)C(C)C. The molecule has 0 aliphatic rings. The number of aromatic nitrogens is 1. The number of anilines is 1. The number of nitrogens with one attached hydrogen (secondary N) is 1. The van der Waals surface area contributed by atoms with Crippen molar-refractivity contribution in [1.29, 1.82) is 0 Å². The molecule has 0 fully saturated rings. The second-order valence-electron chi connectivity index (χ2n) is 4.23. The molecule has 1 heterocycles. The normalized spacial score (nSPS) is 12.5. The Balaban J connectivity index is 2.86. The van der Waals surface area contributed by atoms with E-state index >= 15 is 0 Å². The van der Waals surface area contributed by atoms with Crippen molar-refractivity contribution in [1.82, 2.24) is 4.98 Å². The molecule has 1 unspecified atom stereocenters.